The van der Waals surface area contributed by atoms with E-state index in [0.29, 0.717) is 16.3 Å². The molecule has 20 heavy (non-hydrogen) atoms. The van der Waals surface area contributed by atoms with Crippen molar-refractivity contribution >= 4 is 17.4 Å². The summed E-state index contributed by atoms with van der Waals surface area (Å²) in [5, 5.41) is 0.539. The van der Waals surface area contributed by atoms with E-state index in [9.17, 15) is 4.79 Å². The molecular weight excluding hydrogens is 272 g/mol. The van der Waals surface area contributed by atoms with E-state index in [-0.39, 0.29) is 11.7 Å². The van der Waals surface area contributed by atoms with E-state index in [4.69, 9.17) is 16.3 Å². The van der Waals surface area contributed by atoms with Crippen molar-refractivity contribution in [1.29, 1.82) is 0 Å². The molecule has 1 atom stereocenters. The van der Waals surface area contributed by atoms with Gasteiger partial charge in [0.2, 0.25) is 0 Å². The van der Waals surface area contributed by atoms with Crippen LogP contribution in [0.4, 0.5) is 0 Å². The van der Waals surface area contributed by atoms with E-state index in [2.05, 4.69) is 0 Å². The van der Waals surface area contributed by atoms with E-state index in [1.807, 2.05) is 37.3 Å². The molecule has 0 saturated heterocycles. The maximum atomic E-state index is 12.8. The van der Waals surface area contributed by atoms with Crippen LogP contribution in [0.5, 0.6) is 5.75 Å². The van der Waals surface area contributed by atoms with Gasteiger partial charge in [-0.25, -0.2) is 0 Å². The van der Waals surface area contributed by atoms with Crippen LogP contribution in [0.1, 0.15) is 35.2 Å². The number of ether oxygens (including phenoxy) is 1. The van der Waals surface area contributed by atoms with Gasteiger partial charge in [0.05, 0.1) is 12.7 Å². The van der Waals surface area contributed by atoms with Gasteiger partial charge in [-0.2, -0.15) is 0 Å². The molecule has 104 valence electrons. The number of halogens is 1. The summed E-state index contributed by atoms with van der Waals surface area (Å²) in [5.74, 6) is 0.426. The van der Waals surface area contributed by atoms with Crippen LogP contribution in [-0.2, 0) is 0 Å². The highest BCUT2D eigenvalue weighted by molar-refractivity contribution is 6.31. The summed E-state index contributed by atoms with van der Waals surface area (Å²) in [6.45, 7) is 2.01. The highest BCUT2D eigenvalue weighted by Crippen LogP contribution is 2.30. The Labute approximate surface area is 124 Å². The fourth-order valence-corrected chi connectivity index (χ4v) is 2.49. The highest BCUT2D eigenvalue weighted by atomic mass is 35.5. The summed E-state index contributed by atoms with van der Waals surface area (Å²) in [6, 6.07) is 14.9. The van der Waals surface area contributed by atoms with Crippen LogP contribution < -0.4 is 4.74 Å². The van der Waals surface area contributed by atoms with E-state index in [1.165, 1.54) is 0 Å². The minimum atomic E-state index is -0.177. The average Bonchev–Trinajstić information content (AvgIpc) is 2.49. The Kier molecular flexibility index (Phi) is 4.80. The Morgan fingerprint density at radius 1 is 1.20 bits per heavy atom. The van der Waals surface area contributed by atoms with Gasteiger partial charge < -0.3 is 4.74 Å². The van der Waals surface area contributed by atoms with Crippen LogP contribution in [0.25, 0.3) is 0 Å². The van der Waals surface area contributed by atoms with Crippen LogP contribution in [0, 0.1) is 0 Å². The molecule has 0 amide bonds. The zero-order valence-electron chi connectivity index (χ0n) is 11.6. The molecule has 2 aromatic rings. The second-order valence-electron chi connectivity index (χ2n) is 4.58. The number of hydrogen-bond donors (Lipinski definition) is 0. The van der Waals surface area contributed by atoms with Crippen molar-refractivity contribution < 1.29 is 9.53 Å². The monoisotopic (exact) mass is 288 g/mol. The standard InChI is InChI=1S/C17H17ClO2/c1-3-14(12-7-5-4-6-8-12)17(19)15-11-13(18)9-10-16(15)20-2/h4-11,14H,3H2,1-2H3. The molecule has 2 aromatic carbocycles. The lowest BCUT2D eigenvalue weighted by atomic mass is 9.88. The second kappa shape index (κ2) is 6.58. The molecule has 2 nitrogen and oxygen atoms in total. The largest absolute Gasteiger partial charge is 0.496 e. The van der Waals surface area contributed by atoms with Crippen LogP contribution in [0.15, 0.2) is 48.5 Å². The maximum absolute atomic E-state index is 12.8. The molecule has 0 aliphatic carbocycles. The smallest absolute Gasteiger partial charge is 0.174 e. The molecule has 0 aliphatic rings. The number of carbonyl (C=O) groups is 1. The maximum Gasteiger partial charge on any atom is 0.174 e. The first kappa shape index (κ1) is 14.6. The van der Waals surface area contributed by atoms with Crippen molar-refractivity contribution in [3.8, 4) is 5.75 Å². The Morgan fingerprint density at radius 3 is 2.50 bits per heavy atom. The molecule has 0 aliphatic heterocycles. The summed E-state index contributed by atoms with van der Waals surface area (Å²) in [4.78, 5) is 12.8. The van der Waals surface area contributed by atoms with Gasteiger partial charge in [0, 0.05) is 10.9 Å². The molecule has 0 radical (unpaired) electrons. The van der Waals surface area contributed by atoms with Crippen molar-refractivity contribution in [3.05, 3.63) is 64.7 Å². The van der Waals surface area contributed by atoms with Crippen molar-refractivity contribution in [1.82, 2.24) is 0 Å². The van der Waals surface area contributed by atoms with Gasteiger partial charge in [-0.3, -0.25) is 4.79 Å². The van der Waals surface area contributed by atoms with Gasteiger partial charge in [-0.15, -0.1) is 0 Å². The molecule has 0 fully saturated rings. The van der Waals surface area contributed by atoms with Gasteiger partial charge in [-0.1, -0.05) is 48.9 Å². The molecule has 1 unspecified atom stereocenters. The topological polar surface area (TPSA) is 26.3 Å². The number of carbonyl (C=O) groups excluding carboxylic acids is 1. The molecule has 0 N–H and O–H groups in total. The zero-order chi connectivity index (χ0) is 14.5. The summed E-state index contributed by atoms with van der Waals surface area (Å²) in [5.41, 5.74) is 1.55. The third-order valence-electron chi connectivity index (χ3n) is 3.35. The first-order chi connectivity index (χ1) is 9.67. The Bertz CT molecular complexity index is 593. The van der Waals surface area contributed by atoms with Gasteiger partial charge in [0.1, 0.15) is 5.75 Å². The molecule has 0 bridgehead atoms. The molecule has 0 spiro atoms. The first-order valence-corrected chi connectivity index (χ1v) is 6.97. The van der Waals surface area contributed by atoms with Gasteiger partial charge in [-0.05, 0) is 30.2 Å². The van der Waals surface area contributed by atoms with E-state index >= 15 is 0 Å². The Balaban J connectivity index is 2.41. The van der Waals surface area contributed by atoms with Crippen molar-refractivity contribution in [2.24, 2.45) is 0 Å². The average molecular weight is 289 g/mol. The quantitative estimate of drug-likeness (QED) is 0.744. The predicted octanol–water partition coefficient (Wildman–Crippen LogP) is 4.73. The second-order valence-corrected chi connectivity index (χ2v) is 5.02. The van der Waals surface area contributed by atoms with Crippen molar-refractivity contribution in [2.75, 3.05) is 7.11 Å². The number of methoxy groups -OCH3 is 1. The molecule has 0 aromatic heterocycles. The fraction of sp³-hybridized carbons (Fsp3) is 0.235. The lowest BCUT2D eigenvalue weighted by molar-refractivity contribution is 0.0954. The van der Waals surface area contributed by atoms with E-state index in [1.54, 1.807) is 25.3 Å². The predicted molar refractivity (Wildman–Crippen MR) is 81.8 cm³/mol. The van der Waals surface area contributed by atoms with E-state index in [0.717, 1.165) is 12.0 Å². The lowest BCUT2D eigenvalue weighted by Gasteiger charge is -2.16. The van der Waals surface area contributed by atoms with E-state index < -0.39 is 0 Å². The Morgan fingerprint density at radius 2 is 1.90 bits per heavy atom. The minimum absolute atomic E-state index is 0.0399. The highest BCUT2D eigenvalue weighted by Gasteiger charge is 2.23. The van der Waals surface area contributed by atoms with Gasteiger partial charge in [0.25, 0.3) is 0 Å². The molecule has 0 saturated carbocycles. The summed E-state index contributed by atoms with van der Waals surface area (Å²) >= 11 is 6.00. The minimum Gasteiger partial charge on any atom is -0.496 e. The fourth-order valence-electron chi connectivity index (χ4n) is 2.32. The van der Waals surface area contributed by atoms with Crippen LogP contribution in [0.2, 0.25) is 5.02 Å². The Hall–Kier alpha value is -1.80. The first-order valence-electron chi connectivity index (χ1n) is 6.60. The van der Waals surface area contributed by atoms with Crippen LogP contribution in [0.3, 0.4) is 0 Å². The molecule has 2 rings (SSSR count). The van der Waals surface area contributed by atoms with Gasteiger partial charge >= 0.3 is 0 Å². The van der Waals surface area contributed by atoms with Crippen LogP contribution in [-0.4, -0.2) is 12.9 Å². The normalized spacial score (nSPS) is 11.9. The number of ketones is 1. The zero-order valence-corrected chi connectivity index (χ0v) is 12.4. The lowest BCUT2D eigenvalue weighted by Crippen LogP contribution is -2.13. The van der Waals surface area contributed by atoms with Crippen LogP contribution >= 0.6 is 11.6 Å². The summed E-state index contributed by atoms with van der Waals surface area (Å²) in [7, 11) is 1.56. The molecule has 0 heterocycles. The SMILES string of the molecule is CCC(C(=O)c1cc(Cl)ccc1OC)c1ccccc1. The summed E-state index contributed by atoms with van der Waals surface area (Å²) < 4.78 is 5.27. The third kappa shape index (κ3) is 3.02. The molecule has 3 heteroatoms. The number of hydrogen-bond acceptors (Lipinski definition) is 2. The van der Waals surface area contributed by atoms with Crippen molar-refractivity contribution in [3.63, 3.8) is 0 Å². The number of rotatable bonds is 5. The number of Topliss-reactive ketones (excluding diaryl/α,β-unsaturated/α-hetero) is 1. The van der Waals surface area contributed by atoms with Crippen molar-refractivity contribution in [2.45, 2.75) is 19.3 Å². The summed E-state index contributed by atoms with van der Waals surface area (Å²) in [6.07, 6.45) is 0.735. The van der Waals surface area contributed by atoms with Gasteiger partial charge in [0.15, 0.2) is 5.78 Å². The molecular formula is C17H17ClO2. The third-order valence-corrected chi connectivity index (χ3v) is 3.59. The number of benzene rings is 2.